The number of hydrogen-bond donors (Lipinski definition) is 2. The van der Waals surface area contributed by atoms with E-state index in [9.17, 15) is 18.0 Å². The summed E-state index contributed by atoms with van der Waals surface area (Å²) in [4.78, 5) is 20.4. The standard InChI is InChI=1S/C19H17F3N6O/c1-24-17(9-16(23)19(20,21)22)27-18(29)12-4-3-11-7-13(10-25-14(11)8-12)15-5-6-26-28(15)2/h3-10H,23H2,1-2H3,(H,24,27,29)/b16-9-. The van der Waals surface area contributed by atoms with Gasteiger partial charge in [-0.05, 0) is 24.3 Å². The summed E-state index contributed by atoms with van der Waals surface area (Å²) in [5.41, 5.74) is 6.14. The lowest BCUT2D eigenvalue weighted by atomic mass is 10.1. The predicted octanol–water partition coefficient (Wildman–Crippen LogP) is 2.80. The second-order valence-corrected chi connectivity index (χ2v) is 6.13. The summed E-state index contributed by atoms with van der Waals surface area (Å²) in [6.45, 7) is 0. The normalized spacial score (nSPS) is 13.0. The minimum absolute atomic E-state index is 0.221. The summed E-state index contributed by atoms with van der Waals surface area (Å²) in [7, 11) is 3.07. The quantitative estimate of drug-likeness (QED) is 0.520. The van der Waals surface area contributed by atoms with Gasteiger partial charge in [-0.15, -0.1) is 0 Å². The number of amides is 1. The highest BCUT2D eigenvalue weighted by Crippen LogP contribution is 2.23. The number of nitrogens with one attached hydrogen (secondary N) is 1. The molecular weight excluding hydrogens is 385 g/mol. The van der Waals surface area contributed by atoms with Gasteiger partial charge in [0, 0.05) is 49.1 Å². The number of nitrogens with two attached hydrogens (primary N) is 1. The van der Waals surface area contributed by atoms with Crippen molar-refractivity contribution in [2.75, 3.05) is 7.05 Å². The Balaban J connectivity index is 1.84. The average molecular weight is 402 g/mol. The van der Waals surface area contributed by atoms with Crippen LogP contribution in [0.25, 0.3) is 22.2 Å². The molecule has 0 saturated heterocycles. The molecule has 3 aromatic rings. The van der Waals surface area contributed by atoms with Crippen LogP contribution in [0.5, 0.6) is 0 Å². The van der Waals surface area contributed by atoms with Crippen LogP contribution in [0.15, 0.2) is 59.5 Å². The van der Waals surface area contributed by atoms with E-state index < -0.39 is 17.8 Å². The predicted molar refractivity (Wildman–Crippen MR) is 103 cm³/mol. The van der Waals surface area contributed by atoms with Crippen molar-refractivity contribution in [3.8, 4) is 11.3 Å². The minimum atomic E-state index is -4.71. The van der Waals surface area contributed by atoms with Crippen LogP contribution in [-0.4, -0.2) is 39.7 Å². The van der Waals surface area contributed by atoms with Crippen LogP contribution in [0.1, 0.15) is 10.4 Å². The van der Waals surface area contributed by atoms with Crippen LogP contribution < -0.4 is 11.1 Å². The van der Waals surface area contributed by atoms with Crippen molar-refractivity contribution < 1.29 is 18.0 Å². The first kappa shape index (κ1) is 20.1. The van der Waals surface area contributed by atoms with E-state index in [0.29, 0.717) is 11.6 Å². The van der Waals surface area contributed by atoms with E-state index >= 15 is 0 Å². The Morgan fingerprint density at radius 1 is 1.28 bits per heavy atom. The van der Waals surface area contributed by atoms with Gasteiger partial charge >= 0.3 is 6.18 Å². The van der Waals surface area contributed by atoms with Crippen molar-refractivity contribution in [2.45, 2.75) is 6.18 Å². The van der Waals surface area contributed by atoms with Gasteiger partial charge in [-0.3, -0.25) is 19.5 Å². The lowest BCUT2D eigenvalue weighted by Crippen LogP contribution is -2.31. The zero-order valence-electron chi connectivity index (χ0n) is 15.5. The molecule has 7 nitrogen and oxygen atoms in total. The van der Waals surface area contributed by atoms with E-state index in [-0.39, 0.29) is 11.4 Å². The smallest absolute Gasteiger partial charge is 0.395 e. The fourth-order valence-electron chi connectivity index (χ4n) is 2.63. The first-order valence-electron chi connectivity index (χ1n) is 8.39. The Kier molecular flexibility index (Phi) is 5.35. The fraction of sp³-hybridized carbons (Fsp3) is 0.158. The molecule has 0 spiro atoms. The van der Waals surface area contributed by atoms with E-state index in [0.717, 1.165) is 16.6 Å². The van der Waals surface area contributed by atoms with E-state index in [1.807, 2.05) is 19.2 Å². The maximum atomic E-state index is 12.6. The molecule has 29 heavy (non-hydrogen) atoms. The van der Waals surface area contributed by atoms with Gasteiger partial charge in [-0.2, -0.15) is 18.3 Å². The Morgan fingerprint density at radius 3 is 2.66 bits per heavy atom. The number of fused-ring (bicyclic) bond motifs is 1. The van der Waals surface area contributed by atoms with Crippen LogP contribution >= 0.6 is 0 Å². The third-order valence-electron chi connectivity index (χ3n) is 4.17. The molecule has 0 aliphatic heterocycles. The molecule has 0 radical (unpaired) electrons. The van der Waals surface area contributed by atoms with Gasteiger partial charge in [-0.25, -0.2) is 0 Å². The number of aromatic nitrogens is 3. The molecule has 2 heterocycles. The molecule has 0 aliphatic carbocycles. The monoisotopic (exact) mass is 402 g/mol. The summed E-state index contributed by atoms with van der Waals surface area (Å²) in [6, 6.07) is 8.57. The summed E-state index contributed by atoms with van der Waals surface area (Å²) in [5.74, 6) is -0.930. The number of carbonyl (C=O) groups is 1. The second kappa shape index (κ2) is 7.74. The number of amidine groups is 1. The number of rotatable bonds is 3. The number of halogens is 3. The molecule has 0 atom stereocenters. The van der Waals surface area contributed by atoms with E-state index in [2.05, 4.69) is 20.4 Å². The first-order valence-corrected chi connectivity index (χ1v) is 8.39. The van der Waals surface area contributed by atoms with Crippen LogP contribution in [-0.2, 0) is 7.05 Å². The summed E-state index contributed by atoms with van der Waals surface area (Å²) in [5, 5.41) is 7.23. The van der Waals surface area contributed by atoms with Gasteiger partial charge in [0.25, 0.3) is 5.91 Å². The number of benzene rings is 1. The van der Waals surface area contributed by atoms with Crippen molar-refractivity contribution in [2.24, 2.45) is 17.8 Å². The van der Waals surface area contributed by atoms with Crippen molar-refractivity contribution in [1.29, 1.82) is 0 Å². The largest absolute Gasteiger partial charge is 0.430 e. The third-order valence-corrected chi connectivity index (χ3v) is 4.17. The summed E-state index contributed by atoms with van der Waals surface area (Å²) >= 11 is 0. The molecule has 2 aromatic heterocycles. The molecule has 3 rings (SSSR count). The maximum Gasteiger partial charge on any atom is 0.430 e. The molecule has 3 N–H and O–H groups in total. The van der Waals surface area contributed by atoms with E-state index in [1.54, 1.807) is 35.3 Å². The van der Waals surface area contributed by atoms with Crippen LogP contribution in [0.3, 0.4) is 0 Å². The minimum Gasteiger partial charge on any atom is -0.395 e. The molecule has 0 bridgehead atoms. The third kappa shape index (κ3) is 4.42. The molecule has 0 fully saturated rings. The number of carbonyl (C=O) groups excluding carboxylic acids is 1. The Morgan fingerprint density at radius 2 is 2.03 bits per heavy atom. The van der Waals surface area contributed by atoms with Gasteiger partial charge in [0.05, 0.1) is 11.2 Å². The topological polar surface area (TPSA) is 98.2 Å². The highest BCUT2D eigenvalue weighted by molar-refractivity contribution is 6.11. The number of allylic oxidation sites excluding steroid dienone is 1. The van der Waals surface area contributed by atoms with Crippen molar-refractivity contribution in [3.63, 3.8) is 0 Å². The number of pyridine rings is 1. The number of aryl methyl sites for hydroxylation is 1. The van der Waals surface area contributed by atoms with E-state index in [1.165, 1.54) is 7.05 Å². The van der Waals surface area contributed by atoms with Gasteiger partial charge < -0.3 is 11.1 Å². The van der Waals surface area contributed by atoms with Crippen molar-refractivity contribution >= 4 is 22.6 Å². The first-order chi connectivity index (χ1) is 13.7. The van der Waals surface area contributed by atoms with Crippen LogP contribution in [0.2, 0.25) is 0 Å². The van der Waals surface area contributed by atoms with Gasteiger partial charge in [0.15, 0.2) is 0 Å². The van der Waals surface area contributed by atoms with Gasteiger partial charge in [0.2, 0.25) is 0 Å². The number of alkyl halides is 3. The zero-order chi connectivity index (χ0) is 21.2. The summed E-state index contributed by atoms with van der Waals surface area (Å²) in [6.07, 6.45) is -0.803. The molecule has 0 aliphatic rings. The molecule has 0 unspecified atom stereocenters. The molecule has 10 heteroatoms. The lowest BCUT2D eigenvalue weighted by Gasteiger charge is -2.09. The zero-order valence-corrected chi connectivity index (χ0v) is 15.5. The van der Waals surface area contributed by atoms with Crippen molar-refractivity contribution in [3.05, 3.63) is 60.1 Å². The van der Waals surface area contributed by atoms with Gasteiger partial charge in [0.1, 0.15) is 11.5 Å². The van der Waals surface area contributed by atoms with E-state index in [4.69, 9.17) is 5.73 Å². The second-order valence-electron chi connectivity index (χ2n) is 6.13. The van der Waals surface area contributed by atoms with Crippen molar-refractivity contribution in [1.82, 2.24) is 20.1 Å². The number of hydrogen-bond acceptors (Lipinski definition) is 5. The molecule has 1 amide bonds. The SMILES string of the molecule is CN=C(/C=C(\N)C(F)(F)F)NC(=O)c1ccc2cc(-c3ccnn3C)cnc2c1. The Labute approximate surface area is 163 Å². The summed E-state index contributed by atoms with van der Waals surface area (Å²) < 4.78 is 39.4. The maximum absolute atomic E-state index is 12.6. The molecular formula is C19H17F3N6O. The highest BCUT2D eigenvalue weighted by atomic mass is 19.4. The van der Waals surface area contributed by atoms with Gasteiger partial charge in [-0.1, -0.05) is 6.07 Å². The van der Waals surface area contributed by atoms with Crippen LogP contribution in [0.4, 0.5) is 13.2 Å². The fourth-order valence-corrected chi connectivity index (χ4v) is 2.63. The lowest BCUT2D eigenvalue weighted by molar-refractivity contribution is -0.0925. The number of nitrogens with zero attached hydrogens (tertiary/aromatic N) is 4. The Hall–Kier alpha value is -3.69. The molecule has 0 saturated carbocycles. The highest BCUT2D eigenvalue weighted by Gasteiger charge is 2.31. The number of aliphatic imine (C=N–C) groups is 1. The molecule has 1 aromatic carbocycles. The van der Waals surface area contributed by atoms with Crippen LogP contribution in [0, 0.1) is 0 Å². The average Bonchev–Trinajstić information content (AvgIpc) is 3.11. The molecule has 150 valence electrons. The Bertz CT molecular complexity index is 1130.